The van der Waals surface area contributed by atoms with Crippen LogP contribution in [0.4, 0.5) is 4.39 Å². The maximum Gasteiger partial charge on any atom is 0.241 e. The van der Waals surface area contributed by atoms with Crippen LogP contribution in [0.25, 0.3) is 11.4 Å². The number of rotatable bonds is 9. The van der Waals surface area contributed by atoms with E-state index in [9.17, 15) is 9.18 Å². The quantitative estimate of drug-likeness (QED) is 0.377. The fourth-order valence-corrected chi connectivity index (χ4v) is 5.18. The molecule has 2 aromatic carbocycles. The van der Waals surface area contributed by atoms with Crippen molar-refractivity contribution >= 4 is 40.9 Å². The number of likely N-dealkylation sites (tertiary alicyclic amines) is 1. The number of aromatic nitrogens is 2. The van der Waals surface area contributed by atoms with Crippen LogP contribution in [0.5, 0.6) is 0 Å². The molecule has 180 valence electrons. The number of nitrogens with zero attached hydrogens (tertiary/aromatic N) is 3. The lowest BCUT2D eigenvalue weighted by molar-refractivity contribution is -0.126. The van der Waals surface area contributed by atoms with Gasteiger partial charge in [0, 0.05) is 35.2 Å². The summed E-state index contributed by atoms with van der Waals surface area (Å²) in [5, 5.41) is 8.09. The molecule has 2 heterocycles. The van der Waals surface area contributed by atoms with Gasteiger partial charge in [0.1, 0.15) is 5.82 Å². The van der Waals surface area contributed by atoms with E-state index < -0.39 is 0 Å². The van der Waals surface area contributed by atoms with Gasteiger partial charge in [-0.15, -0.1) is 0 Å². The molecule has 10 heteroatoms. The van der Waals surface area contributed by atoms with Gasteiger partial charge in [-0.3, -0.25) is 9.69 Å². The molecule has 1 aliphatic rings. The molecule has 1 amide bonds. The first-order valence-electron chi connectivity index (χ1n) is 11.1. The molecule has 0 saturated carbocycles. The minimum absolute atomic E-state index is 0.0658. The average Bonchev–Trinajstić information content (AvgIpc) is 3.28. The van der Waals surface area contributed by atoms with Gasteiger partial charge in [-0.25, -0.2) is 4.39 Å². The number of hydrogen-bond donors (Lipinski definition) is 1. The minimum Gasteiger partial charge on any atom is -0.355 e. The lowest BCUT2D eigenvalue weighted by atomic mass is 9.97. The van der Waals surface area contributed by atoms with Crippen molar-refractivity contribution in [3.05, 3.63) is 69.8 Å². The van der Waals surface area contributed by atoms with E-state index in [0.29, 0.717) is 47.0 Å². The zero-order valence-electron chi connectivity index (χ0n) is 18.5. The highest BCUT2D eigenvalue weighted by Gasteiger charge is 2.26. The molecule has 1 saturated heterocycles. The molecule has 4 rings (SSSR count). The fourth-order valence-electron chi connectivity index (χ4n) is 3.87. The van der Waals surface area contributed by atoms with Gasteiger partial charge in [0.05, 0.1) is 17.5 Å². The Bertz CT molecular complexity index is 1110. The van der Waals surface area contributed by atoms with Crippen LogP contribution in [0.2, 0.25) is 10.0 Å². The van der Waals surface area contributed by atoms with Gasteiger partial charge in [-0.2, -0.15) is 16.7 Å². The Labute approximate surface area is 212 Å². The van der Waals surface area contributed by atoms with E-state index in [1.807, 2.05) is 0 Å². The van der Waals surface area contributed by atoms with E-state index in [-0.39, 0.29) is 17.6 Å². The van der Waals surface area contributed by atoms with Crippen LogP contribution in [0.15, 0.2) is 47.0 Å². The van der Waals surface area contributed by atoms with E-state index in [4.69, 9.17) is 27.7 Å². The van der Waals surface area contributed by atoms with Crippen LogP contribution in [0, 0.1) is 11.7 Å². The number of halogens is 3. The second-order valence-corrected chi connectivity index (χ2v) is 10.1. The van der Waals surface area contributed by atoms with Crippen LogP contribution in [-0.4, -0.2) is 46.3 Å². The maximum atomic E-state index is 13.0. The number of carbonyl (C=O) groups excluding carboxylic acids is 1. The Kier molecular flexibility index (Phi) is 8.83. The lowest BCUT2D eigenvalue weighted by Gasteiger charge is -2.30. The summed E-state index contributed by atoms with van der Waals surface area (Å²) in [6.45, 7) is 2.61. The summed E-state index contributed by atoms with van der Waals surface area (Å²) in [5.74, 6) is 2.28. The summed E-state index contributed by atoms with van der Waals surface area (Å²) in [7, 11) is 0. The highest BCUT2D eigenvalue weighted by molar-refractivity contribution is 7.98. The predicted molar refractivity (Wildman–Crippen MR) is 133 cm³/mol. The Morgan fingerprint density at radius 1 is 1.24 bits per heavy atom. The Balaban J connectivity index is 1.21. The number of hydrogen-bond acceptors (Lipinski definition) is 6. The van der Waals surface area contributed by atoms with E-state index in [1.165, 1.54) is 12.1 Å². The molecule has 0 spiro atoms. The number of benzene rings is 2. The second-order valence-electron chi connectivity index (χ2n) is 8.18. The summed E-state index contributed by atoms with van der Waals surface area (Å²) in [6, 6.07) is 11.6. The first-order chi connectivity index (χ1) is 16.5. The standard InChI is InChI=1S/C24H25Cl2FN4O2S/c25-18-5-8-20(21(26)12-18)23-29-22(33-30-23)14-31-10-1-2-17(13-31)24(32)28-9-11-34-15-16-3-6-19(27)7-4-16/h3-8,12,17H,1-2,9-11,13-15H2,(H,28,32). The van der Waals surface area contributed by atoms with Crippen molar-refractivity contribution in [1.82, 2.24) is 20.4 Å². The van der Waals surface area contributed by atoms with Crippen molar-refractivity contribution in [2.75, 3.05) is 25.4 Å². The monoisotopic (exact) mass is 522 g/mol. The molecule has 1 unspecified atom stereocenters. The highest BCUT2D eigenvalue weighted by Crippen LogP contribution is 2.28. The molecule has 1 N–H and O–H groups in total. The summed E-state index contributed by atoms with van der Waals surface area (Å²) in [6.07, 6.45) is 1.79. The number of nitrogens with one attached hydrogen (secondary N) is 1. The summed E-state index contributed by atoms with van der Waals surface area (Å²) in [4.78, 5) is 19.3. The highest BCUT2D eigenvalue weighted by atomic mass is 35.5. The minimum atomic E-state index is -0.229. The number of carbonyl (C=O) groups is 1. The van der Waals surface area contributed by atoms with Crippen molar-refractivity contribution in [2.24, 2.45) is 5.92 Å². The zero-order chi connectivity index (χ0) is 23.9. The summed E-state index contributed by atoms with van der Waals surface area (Å²) >= 11 is 13.9. The third-order valence-electron chi connectivity index (χ3n) is 5.60. The molecule has 1 fully saturated rings. The Morgan fingerprint density at radius 2 is 2.06 bits per heavy atom. The van der Waals surface area contributed by atoms with Gasteiger partial charge >= 0.3 is 0 Å². The molecule has 1 atom stereocenters. The van der Waals surface area contributed by atoms with Crippen LogP contribution in [0.3, 0.4) is 0 Å². The summed E-state index contributed by atoms with van der Waals surface area (Å²) in [5.41, 5.74) is 1.73. The normalized spacial score (nSPS) is 16.5. The van der Waals surface area contributed by atoms with Gasteiger partial charge in [0.15, 0.2) is 0 Å². The molecule has 6 nitrogen and oxygen atoms in total. The van der Waals surface area contributed by atoms with Crippen LogP contribution in [0.1, 0.15) is 24.3 Å². The molecule has 1 aliphatic heterocycles. The van der Waals surface area contributed by atoms with Gasteiger partial charge in [-0.1, -0.05) is 40.5 Å². The van der Waals surface area contributed by atoms with Crippen molar-refractivity contribution in [3.8, 4) is 11.4 Å². The molecule has 34 heavy (non-hydrogen) atoms. The number of thioether (sulfide) groups is 1. The average molecular weight is 523 g/mol. The third kappa shape index (κ3) is 6.95. The predicted octanol–water partition coefficient (Wildman–Crippen LogP) is 5.44. The van der Waals surface area contributed by atoms with E-state index in [0.717, 1.165) is 36.5 Å². The molecule has 0 radical (unpaired) electrons. The molecule has 0 bridgehead atoms. The number of amides is 1. The molecular formula is C24H25Cl2FN4O2S. The van der Waals surface area contributed by atoms with Gasteiger partial charge in [0.25, 0.3) is 0 Å². The largest absolute Gasteiger partial charge is 0.355 e. The molecule has 3 aromatic rings. The topological polar surface area (TPSA) is 71.3 Å². The van der Waals surface area contributed by atoms with Crippen molar-refractivity contribution in [2.45, 2.75) is 25.1 Å². The Morgan fingerprint density at radius 3 is 2.85 bits per heavy atom. The van der Waals surface area contributed by atoms with Gasteiger partial charge in [-0.05, 0) is 55.3 Å². The van der Waals surface area contributed by atoms with Gasteiger partial charge < -0.3 is 9.84 Å². The third-order valence-corrected chi connectivity index (χ3v) is 7.18. The molecule has 1 aromatic heterocycles. The van der Waals surface area contributed by atoms with Gasteiger partial charge in [0.2, 0.25) is 17.6 Å². The number of piperidine rings is 1. The zero-order valence-corrected chi connectivity index (χ0v) is 20.8. The Hall–Kier alpha value is -2.13. The van der Waals surface area contributed by atoms with E-state index in [2.05, 4.69) is 20.4 Å². The second kappa shape index (κ2) is 12.0. The van der Waals surface area contributed by atoms with E-state index >= 15 is 0 Å². The maximum absolute atomic E-state index is 13.0. The van der Waals surface area contributed by atoms with Crippen LogP contribution < -0.4 is 5.32 Å². The van der Waals surface area contributed by atoms with Crippen LogP contribution >= 0.6 is 35.0 Å². The van der Waals surface area contributed by atoms with Crippen LogP contribution in [-0.2, 0) is 17.1 Å². The molecule has 0 aliphatic carbocycles. The van der Waals surface area contributed by atoms with Crippen molar-refractivity contribution in [1.29, 1.82) is 0 Å². The first-order valence-corrected chi connectivity index (χ1v) is 13.0. The van der Waals surface area contributed by atoms with Crippen molar-refractivity contribution in [3.63, 3.8) is 0 Å². The van der Waals surface area contributed by atoms with Crippen molar-refractivity contribution < 1.29 is 13.7 Å². The summed E-state index contributed by atoms with van der Waals surface area (Å²) < 4.78 is 18.4. The molecular weight excluding hydrogens is 498 g/mol. The van der Waals surface area contributed by atoms with E-state index in [1.54, 1.807) is 42.1 Å². The lowest BCUT2D eigenvalue weighted by Crippen LogP contribution is -2.43. The smallest absolute Gasteiger partial charge is 0.241 e. The SMILES string of the molecule is O=C(NCCSCc1ccc(F)cc1)C1CCCN(Cc2nc(-c3ccc(Cl)cc3Cl)no2)C1. The first kappa shape index (κ1) is 25.0. The fraction of sp³-hybridized carbons (Fsp3) is 0.375.